The Bertz CT molecular complexity index is 1020. The number of aromatic nitrogens is 1. The van der Waals surface area contributed by atoms with Gasteiger partial charge in [-0.25, -0.2) is 4.98 Å². The fourth-order valence-corrected chi connectivity index (χ4v) is 2.88. The number of carbonyl (C=O) groups excluding carboxylic acids is 1. The summed E-state index contributed by atoms with van der Waals surface area (Å²) < 4.78 is 10.8. The van der Waals surface area contributed by atoms with Crippen LogP contribution in [0.25, 0.3) is 22.2 Å². The van der Waals surface area contributed by atoms with E-state index < -0.39 is 0 Å². The minimum Gasteiger partial charge on any atom is -0.493 e. The Morgan fingerprint density at radius 2 is 1.81 bits per heavy atom. The van der Waals surface area contributed by atoms with Gasteiger partial charge in [0.25, 0.3) is 0 Å². The van der Waals surface area contributed by atoms with Crippen molar-refractivity contribution in [3.8, 4) is 22.8 Å². The zero-order valence-corrected chi connectivity index (χ0v) is 15.3. The molecular formula is C20H20N4O3. The predicted octanol–water partition coefficient (Wildman–Crippen LogP) is 3.32. The molecule has 1 heterocycles. The maximum absolute atomic E-state index is 10.6. The monoisotopic (exact) mass is 364 g/mol. The molecule has 2 aromatic carbocycles. The SMILES string of the molecule is COc1cc2nc(-c3ccccc3C)cc(NC(=N)NC=O)c2cc1OC. The van der Waals surface area contributed by atoms with Crippen molar-refractivity contribution in [3.05, 3.63) is 48.0 Å². The number of rotatable bonds is 5. The highest BCUT2D eigenvalue weighted by Gasteiger charge is 2.14. The lowest BCUT2D eigenvalue weighted by Gasteiger charge is -2.15. The first kappa shape index (κ1) is 18.2. The van der Waals surface area contributed by atoms with Crippen molar-refractivity contribution in [2.45, 2.75) is 6.92 Å². The minimum absolute atomic E-state index is 0.136. The number of ether oxygens (including phenoxy) is 2. The van der Waals surface area contributed by atoms with Crippen molar-refractivity contribution in [1.29, 1.82) is 5.41 Å². The molecule has 1 amide bonds. The van der Waals surface area contributed by atoms with Crippen molar-refractivity contribution in [2.75, 3.05) is 19.5 Å². The molecule has 0 bridgehead atoms. The summed E-state index contributed by atoms with van der Waals surface area (Å²) in [7, 11) is 3.12. The van der Waals surface area contributed by atoms with Gasteiger partial charge < -0.3 is 14.8 Å². The molecule has 0 unspecified atom stereocenters. The fraction of sp³-hybridized carbons (Fsp3) is 0.150. The number of pyridine rings is 1. The molecule has 0 aliphatic rings. The summed E-state index contributed by atoms with van der Waals surface area (Å²) >= 11 is 0. The van der Waals surface area contributed by atoms with Crippen LogP contribution in [0.3, 0.4) is 0 Å². The number of anilines is 1. The summed E-state index contributed by atoms with van der Waals surface area (Å²) in [6.45, 7) is 2.01. The van der Waals surface area contributed by atoms with Crippen LogP contribution in [0.15, 0.2) is 42.5 Å². The van der Waals surface area contributed by atoms with Crippen LogP contribution in [0, 0.1) is 12.3 Å². The van der Waals surface area contributed by atoms with Crippen LogP contribution >= 0.6 is 0 Å². The average Bonchev–Trinajstić information content (AvgIpc) is 2.67. The normalized spacial score (nSPS) is 10.3. The van der Waals surface area contributed by atoms with Gasteiger partial charge in [-0.05, 0) is 24.6 Å². The van der Waals surface area contributed by atoms with Crippen molar-refractivity contribution in [3.63, 3.8) is 0 Å². The molecule has 0 radical (unpaired) electrons. The van der Waals surface area contributed by atoms with E-state index in [1.165, 1.54) is 0 Å². The second kappa shape index (κ2) is 7.74. The topological polar surface area (TPSA) is 96.3 Å². The molecule has 3 rings (SSSR count). The summed E-state index contributed by atoms with van der Waals surface area (Å²) in [6, 6.07) is 13.3. The fourth-order valence-electron chi connectivity index (χ4n) is 2.88. The van der Waals surface area contributed by atoms with Gasteiger partial charge in [-0.15, -0.1) is 0 Å². The third-order valence-corrected chi connectivity index (χ3v) is 4.20. The van der Waals surface area contributed by atoms with Crippen LogP contribution in [-0.2, 0) is 4.79 Å². The number of hydrogen-bond acceptors (Lipinski definition) is 5. The lowest BCUT2D eigenvalue weighted by atomic mass is 10.0. The molecule has 7 heteroatoms. The Morgan fingerprint density at radius 1 is 1.11 bits per heavy atom. The van der Waals surface area contributed by atoms with Gasteiger partial charge in [0.05, 0.1) is 31.1 Å². The Hall–Kier alpha value is -3.61. The van der Waals surface area contributed by atoms with Crippen molar-refractivity contribution >= 4 is 29.0 Å². The number of benzene rings is 2. The molecule has 138 valence electrons. The molecule has 3 aromatic rings. The van der Waals surface area contributed by atoms with E-state index in [0.717, 1.165) is 22.2 Å². The minimum atomic E-state index is -0.136. The lowest BCUT2D eigenvalue weighted by Crippen LogP contribution is -2.28. The van der Waals surface area contributed by atoms with Crippen LogP contribution in [-0.4, -0.2) is 31.6 Å². The molecule has 0 saturated heterocycles. The van der Waals surface area contributed by atoms with Crippen LogP contribution in [0.2, 0.25) is 0 Å². The molecule has 0 spiro atoms. The van der Waals surface area contributed by atoms with Gasteiger partial charge in [0.2, 0.25) is 6.41 Å². The van der Waals surface area contributed by atoms with Gasteiger partial charge in [-0.3, -0.25) is 15.5 Å². The zero-order chi connectivity index (χ0) is 19.4. The Balaban J connectivity index is 2.25. The molecular weight excluding hydrogens is 344 g/mol. The van der Waals surface area contributed by atoms with Crippen molar-refractivity contribution < 1.29 is 14.3 Å². The van der Waals surface area contributed by atoms with Crippen molar-refractivity contribution in [1.82, 2.24) is 10.3 Å². The number of nitrogens with one attached hydrogen (secondary N) is 3. The first-order valence-corrected chi connectivity index (χ1v) is 8.26. The molecule has 27 heavy (non-hydrogen) atoms. The van der Waals surface area contributed by atoms with Gasteiger partial charge in [0, 0.05) is 17.0 Å². The maximum atomic E-state index is 10.6. The Labute approximate surface area is 156 Å². The highest BCUT2D eigenvalue weighted by atomic mass is 16.5. The summed E-state index contributed by atoms with van der Waals surface area (Å²) in [5.41, 5.74) is 4.10. The smallest absolute Gasteiger partial charge is 0.213 e. The number of guanidine groups is 1. The molecule has 7 nitrogen and oxygen atoms in total. The molecule has 0 aliphatic heterocycles. The first-order chi connectivity index (χ1) is 13.1. The molecule has 0 saturated carbocycles. The number of amides is 1. The standard InChI is InChI=1S/C20H20N4O3/c1-12-6-4-5-7-13(12)15-9-16(24-20(21)22-11-25)14-8-18(26-2)19(27-3)10-17(14)23-15/h4-11H,1-3H3,(H3,21,22,23,24,25). The van der Waals surface area contributed by atoms with Crippen LogP contribution in [0.1, 0.15) is 5.56 Å². The lowest BCUT2D eigenvalue weighted by molar-refractivity contribution is -0.108. The van der Waals surface area contributed by atoms with Gasteiger partial charge in [-0.2, -0.15) is 0 Å². The van der Waals surface area contributed by atoms with E-state index in [4.69, 9.17) is 19.9 Å². The van der Waals surface area contributed by atoms with Crippen molar-refractivity contribution in [2.24, 2.45) is 0 Å². The summed E-state index contributed by atoms with van der Waals surface area (Å²) in [6.07, 6.45) is 0.449. The number of fused-ring (bicyclic) bond motifs is 1. The third kappa shape index (κ3) is 3.67. The van der Waals surface area contributed by atoms with Gasteiger partial charge in [0.15, 0.2) is 17.5 Å². The number of carbonyl (C=O) groups is 1. The molecule has 0 aliphatic carbocycles. The number of hydrogen-bond donors (Lipinski definition) is 3. The quantitative estimate of drug-likeness (QED) is 0.367. The summed E-state index contributed by atoms with van der Waals surface area (Å²) in [5, 5.41) is 13.8. The number of methoxy groups -OCH3 is 2. The third-order valence-electron chi connectivity index (χ3n) is 4.20. The molecule has 0 atom stereocenters. The largest absolute Gasteiger partial charge is 0.493 e. The zero-order valence-electron chi connectivity index (χ0n) is 15.3. The second-order valence-corrected chi connectivity index (χ2v) is 5.86. The highest BCUT2D eigenvalue weighted by molar-refractivity contribution is 6.05. The molecule has 3 N–H and O–H groups in total. The predicted molar refractivity (Wildman–Crippen MR) is 106 cm³/mol. The molecule has 0 fully saturated rings. The second-order valence-electron chi connectivity index (χ2n) is 5.86. The van der Waals surface area contributed by atoms with E-state index in [2.05, 4.69) is 10.6 Å². The average molecular weight is 364 g/mol. The van der Waals surface area contributed by atoms with Crippen LogP contribution in [0.5, 0.6) is 11.5 Å². The first-order valence-electron chi connectivity index (χ1n) is 8.26. The Kier molecular flexibility index (Phi) is 5.21. The van der Waals surface area contributed by atoms with E-state index in [1.807, 2.05) is 37.3 Å². The van der Waals surface area contributed by atoms with E-state index in [1.54, 1.807) is 26.4 Å². The van der Waals surface area contributed by atoms with E-state index >= 15 is 0 Å². The maximum Gasteiger partial charge on any atom is 0.213 e. The van der Waals surface area contributed by atoms with Gasteiger partial charge >= 0.3 is 0 Å². The van der Waals surface area contributed by atoms with Crippen LogP contribution < -0.4 is 20.1 Å². The van der Waals surface area contributed by atoms with E-state index in [9.17, 15) is 4.79 Å². The van der Waals surface area contributed by atoms with Gasteiger partial charge in [0.1, 0.15) is 0 Å². The van der Waals surface area contributed by atoms with Crippen LogP contribution in [0.4, 0.5) is 5.69 Å². The number of aryl methyl sites for hydroxylation is 1. The van der Waals surface area contributed by atoms with E-state index in [-0.39, 0.29) is 5.96 Å². The molecule has 1 aromatic heterocycles. The summed E-state index contributed by atoms with van der Waals surface area (Å²) in [5.74, 6) is 0.975. The number of nitrogens with zero attached hydrogens (tertiary/aromatic N) is 1. The van der Waals surface area contributed by atoms with E-state index in [0.29, 0.717) is 29.1 Å². The highest BCUT2D eigenvalue weighted by Crippen LogP contribution is 2.37. The summed E-state index contributed by atoms with van der Waals surface area (Å²) in [4.78, 5) is 15.4. The van der Waals surface area contributed by atoms with Gasteiger partial charge in [-0.1, -0.05) is 24.3 Å². The Morgan fingerprint density at radius 3 is 2.48 bits per heavy atom.